The van der Waals surface area contributed by atoms with Crippen LogP contribution in [0.1, 0.15) is 42.6 Å². The molecule has 1 aliphatic rings. The van der Waals surface area contributed by atoms with Gasteiger partial charge in [0.1, 0.15) is 5.69 Å². The maximum Gasteiger partial charge on any atom is 0.267 e. The third-order valence-corrected chi connectivity index (χ3v) is 3.89. The fourth-order valence-electron chi connectivity index (χ4n) is 2.64. The molecule has 3 N–H and O–H groups in total. The van der Waals surface area contributed by atoms with Crippen molar-refractivity contribution >= 4 is 5.91 Å². The van der Waals surface area contributed by atoms with Crippen LogP contribution in [0.2, 0.25) is 0 Å². The lowest BCUT2D eigenvalue weighted by Gasteiger charge is -2.35. The van der Waals surface area contributed by atoms with Crippen molar-refractivity contribution in [1.29, 1.82) is 0 Å². The zero-order valence-electron chi connectivity index (χ0n) is 10.9. The van der Waals surface area contributed by atoms with Crippen LogP contribution in [0, 0.1) is 5.41 Å². The number of pyridine rings is 1. The molecule has 19 heavy (non-hydrogen) atoms. The average molecular weight is 264 g/mol. The van der Waals surface area contributed by atoms with Crippen LogP contribution < -0.4 is 10.9 Å². The Hall–Kier alpha value is -1.62. The Morgan fingerprint density at radius 3 is 2.68 bits per heavy atom. The molecular formula is C14H20N2O3. The van der Waals surface area contributed by atoms with Gasteiger partial charge in [0.25, 0.3) is 5.91 Å². The first kappa shape index (κ1) is 13.8. The third kappa shape index (κ3) is 3.44. The molecule has 104 valence electrons. The van der Waals surface area contributed by atoms with E-state index in [1.54, 1.807) is 12.1 Å². The van der Waals surface area contributed by atoms with Crippen molar-refractivity contribution in [2.45, 2.75) is 32.1 Å². The molecule has 1 aliphatic carbocycles. The fourth-order valence-corrected chi connectivity index (χ4v) is 2.64. The van der Waals surface area contributed by atoms with Gasteiger partial charge in [-0.1, -0.05) is 25.3 Å². The zero-order chi connectivity index (χ0) is 13.7. The summed E-state index contributed by atoms with van der Waals surface area (Å²) in [7, 11) is 0. The molecule has 0 aliphatic heterocycles. The highest BCUT2D eigenvalue weighted by Gasteiger charge is 2.31. The van der Waals surface area contributed by atoms with Gasteiger partial charge in [-0.2, -0.15) is 0 Å². The third-order valence-electron chi connectivity index (χ3n) is 3.89. The van der Waals surface area contributed by atoms with Gasteiger partial charge in [0.05, 0.1) is 6.61 Å². The molecule has 0 atom stereocenters. The Labute approximate surface area is 112 Å². The molecule has 0 spiro atoms. The molecule has 1 heterocycles. The van der Waals surface area contributed by atoms with Crippen molar-refractivity contribution in [2.75, 3.05) is 13.2 Å². The second-order valence-electron chi connectivity index (χ2n) is 5.33. The standard InChI is InChI=1S/C14H20N2O3/c17-10-14(7-2-1-3-8-14)9-15-13(19)11-5-4-6-12(18)16-11/h4-6,17H,1-3,7-10H2,(H,15,19)(H,16,18). The summed E-state index contributed by atoms with van der Waals surface area (Å²) in [5.74, 6) is -0.295. The van der Waals surface area contributed by atoms with Gasteiger partial charge >= 0.3 is 0 Å². The van der Waals surface area contributed by atoms with Crippen LogP contribution >= 0.6 is 0 Å². The van der Waals surface area contributed by atoms with Gasteiger partial charge in [-0.3, -0.25) is 9.59 Å². The van der Waals surface area contributed by atoms with Crippen LogP contribution in [0.5, 0.6) is 0 Å². The number of hydrogen-bond acceptors (Lipinski definition) is 3. The first-order valence-electron chi connectivity index (χ1n) is 6.74. The Morgan fingerprint density at radius 2 is 2.05 bits per heavy atom. The monoisotopic (exact) mass is 264 g/mol. The number of hydrogen-bond donors (Lipinski definition) is 3. The minimum Gasteiger partial charge on any atom is -0.396 e. The highest BCUT2D eigenvalue weighted by Crippen LogP contribution is 2.35. The molecular weight excluding hydrogens is 244 g/mol. The molecule has 0 radical (unpaired) electrons. The molecule has 5 nitrogen and oxygen atoms in total. The van der Waals surface area contributed by atoms with Crippen molar-refractivity contribution in [2.24, 2.45) is 5.41 Å². The first-order chi connectivity index (χ1) is 9.15. The number of aromatic amines is 1. The van der Waals surface area contributed by atoms with Gasteiger partial charge in [-0.05, 0) is 18.9 Å². The van der Waals surface area contributed by atoms with Gasteiger partial charge < -0.3 is 15.4 Å². The van der Waals surface area contributed by atoms with Gasteiger partial charge in [0.15, 0.2) is 0 Å². The van der Waals surface area contributed by atoms with E-state index >= 15 is 0 Å². The number of aliphatic hydroxyl groups excluding tert-OH is 1. The number of H-pyrrole nitrogens is 1. The molecule has 1 aromatic heterocycles. The summed E-state index contributed by atoms with van der Waals surface area (Å²) in [5, 5.41) is 12.4. The minimum absolute atomic E-state index is 0.0958. The summed E-state index contributed by atoms with van der Waals surface area (Å²) in [4.78, 5) is 25.6. The molecule has 1 aromatic rings. The van der Waals surface area contributed by atoms with Gasteiger partial charge in [-0.15, -0.1) is 0 Å². The molecule has 1 saturated carbocycles. The number of rotatable bonds is 4. The van der Waals surface area contributed by atoms with E-state index in [2.05, 4.69) is 10.3 Å². The zero-order valence-corrected chi connectivity index (χ0v) is 10.9. The number of amides is 1. The quantitative estimate of drug-likeness (QED) is 0.760. The van der Waals surface area contributed by atoms with Crippen molar-refractivity contribution in [3.05, 3.63) is 34.2 Å². The van der Waals surface area contributed by atoms with E-state index in [0.717, 1.165) is 25.7 Å². The van der Waals surface area contributed by atoms with Crippen LogP contribution in [0.25, 0.3) is 0 Å². The summed E-state index contributed by atoms with van der Waals surface area (Å²) in [6, 6.07) is 4.49. The molecule has 2 rings (SSSR count). The lowest BCUT2D eigenvalue weighted by Crippen LogP contribution is -2.41. The molecule has 1 amide bonds. The highest BCUT2D eigenvalue weighted by atomic mass is 16.3. The van der Waals surface area contributed by atoms with Gasteiger partial charge in [0.2, 0.25) is 5.56 Å². The Bertz CT molecular complexity index is 489. The predicted octanol–water partition coefficient (Wildman–Crippen LogP) is 1.05. The number of aromatic nitrogens is 1. The second-order valence-corrected chi connectivity index (χ2v) is 5.33. The average Bonchev–Trinajstić information content (AvgIpc) is 2.46. The number of nitrogens with one attached hydrogen (secondary N) is 2. The lowest BCUT2D eigenvalue weighted by atomic mass is 9.74. The molecule has 0 unspecified atom stereocenters. The van der Waals surface area contributed by atoms with E-state index in [1.807, 2.05) is 0 Å². The summed E-state index contributed by atoms with van der Waals surface area (Å²) >= 11 is 0. The van der Waals surface area contributed by atoms with Crippen LogP contribution in [-0.2, 0) is 0 Å². The molecule has 0 aromatic carbocycles. The lowest BCUT2D eigenvalue weighted by molar-refractivity contribution is 0.0715. The SMILES string of the molecule is O=C(NCC1(CO)CCCCC1)c1cccc(=O)[nH]1. The van der Waals surface area contributed by atoms with E-state index in [0.29, 0.717) is 6.54 Å². The van der Waals surface area contributed by atoms with Crippen LogP contribution in [0.4, 0.5) is 0 Å². The summed E-state index contributed by atoms with van der Waals surface area (Å²) in [6.07, 6.45) is 5.27. The summed E-state index contributed by atoms with van der Waals surface area (Å²) in [5.41, 5.74) is -0.221. The van der Waals surface area contributed by atoms with Crippen molar-refractivity contribution in [3.8, 4) is 0 Å². The fraction of sp³-hybridized carbons (Fsp3) is 0.571. The molecule has 0 bridgehead atoms. The highest BCUT2D eigenvalue weighted by molar-refractivity contribution is 5.92. The largest absolute Gasteiger partial charge is 0.396 e. The minimum atomic E-state index is -0.295. The van der Waals surface area contributed by atoms with E-state index < -0.39 is 0 Å². The maximum absolute atomic E-state index is 11.9. The normalized spacial score (nSPS) is 17.9. The van der Waals surface area contributed by atoms with Gasteiger partial charge in [0, 0.05) is 18.0 Å². The number of carbonyl (C=O) groups excluding carboxylic acids is 1. The number of carbonyl (C=O) groups is 1. The maximum atomic E-state index is 11.9. The smallest absolute Gasteiger partial charge is 0.267 e. The molecule has 1 fully saturated rings. The molecule has 5 heteroatoms. The predicted molar refractivity (Wildman–Crippen MR) is 72.0 cm³/mol. The van der Waals surface area contributed by atoms with Crippen molar-refractivity contribution in [1.82, 2.24) is 10.3 Å². The van der Waals surface area contributed by atoms with E-state index in [-0.39, 0.29) is 29.2 Å². The Kier molecular flexibility index (Phi) is 4.37. The van der Waals surface area contributed by atoms with Crippen molar-refractivity contribution in [3.63, 3.8) is 0 Å². The van der Waals surface area contributed by atoms with E-state index in [4.69, 9.17) is 0 Å². The van der Waals surface area contributed by atoms with Gasteiger partial charge in [-0.25, -0.2) is 0 Å². The Morgan fingerprint density at radius 1 is 1.32 bits per heavy atom. The first-order valence-corrected chi connectivity index (χ1v) is 6.74. The van der Waals surface area contributed by atoms with E-state index in [1.165, 1.54) is 12.5 Å². The van der Waals surface area contributed by atoms with Crippen LogP contribution in [0.3, 0.4) is 0 Å². The van der Waals surface area contributed by atoms with Crippen LogP contribution in [0.15, 0.2) is 23.0 Å². The van der Waals surface area contributed by atoms with Crippen LogP contribution in [-0.4, -0.2) is 29.1 Å². The number of aliphatic hydroxyl groups is 1. The van der Waals surface area contributed by atoms with Crippen molar-refractivity contribution < 1.29 is 9.90 Å². The second kappa shape index (κ2) is 6.02. The Balaban J connectivity index is 1.97. The summed E-state index contributed by atoms with van der Waals surface area (Å²) in [6.45, 7) is 0.553. The summed E-state index contributed by atoms with van der Waals surface area (Å²) < 4.78 is 0. The van der Waals surface area contributed by atoms with E-state index in [9.17, 15) is 14.7 Å². The topological polar surface area (TPSA) is 82.2 Å². The molecule has 0 saturated heterocycles.